The molecule has 3 N–H and O–H groups in total. The molecule has 0 saturated carbocycles. The zero-order chi connectivity index (χ0) is 12.7. The van der Waals surface area contributed by atoms with Gasteiger partial charge in [-0.05, 0) is 12.0 Å². The summed E-state index contributed by atoms with van der Waals surface area (Å²) >= 11 is 0. The van der Waals surface area contributed by atoms with Gasteiger partial charge in [0.1, 0.15) is 18.0 Å². The van der Waals surface area contributed by atoms with E-state index >= 15 is 0 Å². The fraction of sp³-hybridized carbons (Fsp3) is 0.545. The van der Waals surface area contributed by atoms with E-state index in [9.17, 15) is 0 Å². The van der Waals surface area contributed by atoms with Crippen LogP contribution in [0.25, 0.3) is 0 Å². The summed E-state index contributed by atoms with van der Waals surface area (Å²) < 4.78 is 0. The normalized spacial score (nSPS) is 11.8. The summed E-state index contributed by atoms with van der Waals surface area (Å²) in [5, 5.41) is 11.5. The third-order valence-electron chi connectivity index (χ3n) is 2.24. The highest BCUT2D eigenvalue weighted by Gasteiger charge is 2.10. The summed E-state index contributed by atoms with van der Waals surface area (Å²) in [4.78, 5) is 10.2. The van der Waals surface area contributed by atoms with Gasteiger partial charge >= 0.3 is 0 Å². The van der Waals surface area contributed by atoms with Gasteiger partial charge in [-0.1, -0.05) is 19.0 Å². The lowest BCUT2D eigenvalue weighted by atomic mass is 10.2. The monoisotopic (exact) mass is 237 g/mol. The third kappa shape index (κ3) is 4.67. The van der Waals surface area contributed by atoms with Gasteiger partial charge in [0.15, 0.2) is 0 Å². The smallest absolute Gasteiger partial charge is 0.140 e. The molecule has 6 nitrogen and oxygen atoms in total. The van der Waals surface area contributed by atoms with Crippen LogP contribution in [-0.2, 0) is 0 Å². The Balaban J connectivity index is 2.67. The van der Waals surface area contributed by atoms with E-state index in [4.69, 9.17) is 10.9 Å². The number of aromatic nitrogens is 2. The Kier molecular flexibility index (Phi) is 5.19. The minimum absolute atomic E-state index is 0.229. The summed E-state index contributed by atoms with van der Waals surface area (Å²) in [6.07, 6.45) is 3.73. The van der Waals surface area contributed by atoms with Crippen LogP contribution in [0.4, 0.5) is 5.82 Å². The number of nitrogens with two attached hydrogens (primary N) is 1. The molecule has 17 heavy (non-hydrogen) atoms. The molecule has 94 valence electrons. The average molecular weight is 237 g/mol. The molecule has 0 aliphatic rings. The number of hydrogen-bond acceptors (Lipinski definition) is 5. The Labute approximate surface area is 101 Å². The highest BCUT2D eigenvalue weighted by molar-refractivity contribution is 5.80. The maximum atomic E-state index is 8.52. The maximum Gasteiger partial charge on any atom is 0.140 e. The molecule has 0 saturated heterocycles. The first-order valence-electron chi connectivity index (χ1n) is 5.61. The number of nitrogens with zero attached hydrogens (tertiary/aromatic N) is 4. The lowest BCUT2D eigenvalue weighted by Crippen LogP contribution is -2.32. The van der Waals surface area contributed by atoms with E-state index in [2.05, 4.69) is 33.9 Å². The maximum absolute atomic E-state index is 8.52. The largest absolute Gasteiger partial charge is 0.409 e. The minimum atomic E-state index is 0.229. The van der Waals surface area contributed by atoms with Gasteiger partial charge in [-0.15, -0.1) is 0 Å². The first-order chi connectivity index (χ1) is 8.13. The number of rotatable bonds is 6. The van der Waals surface area contributed by atoms with E-state index in [1.807, 2.05) is 6.07 Å². The van der Waals surface area contributed by atoms with Gasteiger partial charge in [0.05, 0.1) is 0 Å². The molecule has 0 radical (unpaired) electrons. The Hall–Kier alpha value is -1.85. The predicted octanol–water partition coefficient (Wildman–Crippen LogP) is 1.08. The van der Waals surface area contributed by atoms with E-state index in [1.54, 1.807) is 6.20 Å². The first kappa shape index (κ1) is 13.2. The second-order valence-corrected chi connectivity index (χ2v) is 4.25. The second kappa shape index (κ2) is 6.67. The molecular weight excluding hydrogens is 218 g/mol. The van der Waals surface area contributed by atoms with Crippen LogP contribution < -0.4 is 10.6 Å². The summed E-state index contributed by atoms with van der Waals surface area (Å²) in [5.41, 5.74) is 5.47. The Bertz CT molecular complexity index is 352. The Morgan fingerprint density at radius 2 is 2.35 bits per heavy atom. The van der Waals surface area contributed by atoms with Crippen LogP contribution in [0.2, 0.25) is 0 Å². The van der Waals surface area contributed by atoms with Gasteiger partial charge < -0.3 is 15.8 Å². The average Bonchev–Trinajstić information content (AvgIpc) is 2.34. The van der Waals surface area contributed by atoms with Crippen LogP contribution in [0.15, 0.2) is 23.7 Å². The topological polar surface area (TPSA) is 87.6 Å². The van der Waals surface area contributed by atoms with Crippen molar-refractivity contribution in [1.82, 2.24) is 9.97 Å². The molecule has 0 aliphatic carbocycles. The molecule has 0 aliphatic heterocycles. The van der Waals surface area contributed by atoms with Crippen molar-refractivity contribution in [2.75, 3.05) is 18.0 Å². The van der Waals surface area contributed by atoms with Gasteiger partial charge in [0, 0.05) is 25.7 Å². The highest BCUT2D eigenvalue weighted by atomic mass is 16.4. The van der Waals surface area contributed by atoms with Crippen molar-refractivity contribution in [3.63, 3.8) is 0 Å². The summed E-state index contributed by atoms with van der Waals surface area (Å²) in [6, 6.07) is 1.86. The number of amidine groups is 1. The summed E-state index contributed by atoms with van der Waals surface area (Å²) in [5.74, 6) is 1.60. The van der Waals surface area contributed by atoms with Gasteiger partial charge in [0.2, 0.25) is 0 Å². The third-order valence-corrected chi connectivity index (χ3v) is 2.24. The molecule has 0 aromatic carbocycles. The molecule has 0 atom stereocenters. The quantitative estimate of drug-likeness (QED) is 0.334. The van der Waals surface area contributed by atoms with Crippen molar-refractivity contribution in [3.8, 4) is 0 Å². The fourth-order valence-corrected chi connectivity index (χ4v) is 1.51. The van der Waals surface area contributed by atoms with Crippen LogP contribution in [0, 0.1) is 5.92 Å². The Morgan fingerprint density at radius 1 is 1.59 bits per heavy atom. The zero-order valence-corrected chi connectivity index (χ0v) is 10.2. The summed E-state index contributed by atoms with van der Waals surface area (Å²) in [6.45, 7) is 5.82. The molecule has 0 bridgehead atoms. The van der Waals surface area contributed by atoms with Crippen LogP contribution >= 0.6 is 0 Å². The van der Waals surface area contributed by atoms with Crippen molar-refractivity contribution in [1.29, 1.82) is 0 Å². The highest BCUT2D eigenvalue weighted by Crippen LogP contribution is 2.11. The first-order valence-corrected chi connectivity index (χ1v) is 5.61. The number of anilines is 1. The van der Waals surface area contributed by atoms with Crippen molar-refractivity contribution in [2.24, 2.45) is 16.8 Å². The molecule has 1 rings (SSSR count). The van der Waals surface area contributed by atoms with Gasteiger partial charge in [-0.2, -0.15) is 0 Å². The van der Waals surface area contributed by atoms with E-state index in [0.717, 1.165) is 12.4 Å². The lowest BCUT2D eigenvalue weighted by Gasteiger charge is -2.25. The van der Waals surface area contributed by atoms with E-state index in [-0.39, 0.29) is 5.84 Å². The molecule has 1 aromatic rings. The Morgan fingerprint density at radius 3 is 2.88 bits per heavy atom. The van der Waals surface area contributed by atoms with Crippen LogP contribution in [0.1, 0.15) is 20.3 Å². The second-order valence-electron chi connectivity index (χ2n) is 4.25. The van der Waals surface area contributed by atoms with E-state index in [1.165, 1.54) is 6.33 Å². The fourth-order valence-electron chi connectivity index (χ4n) is 1.51. The van der Waals surface area contributed by atoms with Crippen molar-refractivity contribution in [2.45, 2.75) is 20.3 Å². The molecule has 0 fully saturated rings. The van der Waals surface area contributed by atoms with Crippen molar-refractivity contribution >= 4 is 11.7 Å². The molecular formula is C11H19N5O. The molecule has 6 heteroatoms. The molecule has 0 amide bonds. The standard InChI is InChI=1S/C11H19N5O/c1-9(2)7-16(6-4-10(12)15-17)11-3-5-13-8-14-11/h3,5,8-9,17H,4,6-7H2,1-2H3,(H2,12,15). The molecule has 1 heterocycles. The van der Waals surface area contributed by atoms with Crippen LogP contribution in [-0.4, -0.2) is 34.1 Å². The molecule has 1 aromatic heterocycles. The SMILES string of the molecule is CC(C)CN(CCC(N)=NO)c1ccncn1. The zero-order valence-electron chi connectivity index (χ0n) is 10.2. The van der Waals surface area contributed by atoms with Gasteiger partial charge in [0.25, 0.3) is 0 Å². The van der Waals surface area contributed by atoms with Gasteiger partial charge in [-0.3, -0.25) is 0 Å². The molecule has 0 unspecified atom stereocenters. The van der Waals surface area contributed by atoms with Gasteiger partial charge in [-0.25, -0.2) is 9.97 Å². The number of oxime groups is 1. The van der Waals surface area contributed by atoms with E-state index in [0.29, 0.717) is 18.9 Å². The van der Waals surface area contributed by atoms with Crippen LogP contribution in [0.3, 0.4) is 0 Å². The van der Waals surface area contributed by atoms with Crippen LogP contribution in [0.5, 0.6) is 0 Å². The van der Waals surface area contributed by atoms with Crippen molar-refractivity contribution in [3.05, 3.63) is 18.6 Å². The molecule has 0 spiro atoms. The van der Waals surface area contributed by atoms with Crippen molar-refractivity contribution < 1.29 is 5.21 Å². The van der Waals surface area contributed by atoms with E-state index < -0.39 is 0 Å². The lowest BCUT2D eigenvalue weighted by molar-refractivity contribution is 0.317. The number of hydrogen-bond donors (Lipinski definition) is 2. The minimum Gasteiger partial charge on any atom is -0.409 e. The predicted molar refractivity (Wildman–Crippen MR) is 67.1 cm³/mol. The summed E-state index contributed by atoms with van der Waals surface area (Å²) in [7, 11) is 0.